The number of hydrogen-bond donors (Lipinski definition) is 8. The number of fused-ring (bicyclic) bond motifs is 7. The number of Topliss-reactive ketones (excluding diaryl/α,β-unsaturated/α-hetero) is 4. The van der Waals surface area contributed by atoms with E-state index in [4.69, 9.17) is 25.2 Å². The zero-order chi connectivity index (χ0) is 69.3. The van der Waals surface area contributed by atoms with Crippen molar-refractivity contribution in [2.24, 2.45) is 35.1 Å². The Balaban J connectivity index is 0.000000240. The standard InChI is InChI=1S/C52H63N3O6Si2.C22H25N3O7/c1-32-23-22-30-37-33(2)39-40(45(56)38(32)37)47(57)52(61-62(11,12)50(3,4)5)42(43(39)54-63(51(6,7)8,35-26-18-14-19-27-35)36-28-20-15-21-29-36)44(55(9)10)46-41(48(52)58)49(53-60-46)59-31-34-24-16-13-17-25-34;1-7-8-5-4-6-9(26)11(8)17(27)12-10(7)15(23)14-16(25(2)3)18(28)13(21(24)31)20(30)22(14,32)19(12)29/h13-30,33,39,42-44,54,56H,31H2,1-12H3;4-7,10,14-16,26-27,30,32H,23H2,1-3H3,(H2,24,31)/t33-,39+,42-,43-,44-,52-;7-,10+,14-,15-,16-,22-/m00/s1. The quantitative estimate of drug-likeness (QED) is 0.0322. The number of nitrogens with zero attached hydrogens (tertiary/aromatic N) is 3. The van der Waals surface area contributed by atoms with Crippen molar-refractivity contribution in [2.75, 3.05) is 28.2 Å². The van der Waals surface area contributed by atoms with Gasteiger partial charge in [0, 0.05) is 52.5 Å². The zero-order valence-corrected chi connectivity index (χ0v) is 58.6. The summed E-state index contributed by atoms with van der Waals surface area (Å²) in [6.07, 6.45) is 0. The van der Waals surface area contributed by atoms with Crippen LogP contribution in [0.3, 0.4) is 0 Å². The highest BCUT2D eigenvalue weighted by molar-refractivity contribution is 7.02. The fraction of sp³-hybridized carbons (Fsp3) is 0.405. The third kappa shape index (κ3) is 10.2. The molecule has 0 aliphatic heterocycles. The third-order valence-electron chi connectivity index (χ3n) is 21.9. The van der Waals surface area contributed by atoms with E-state index in [0.717, 1.165) is 27.1 Å². The molecule has 2 saturated carbocycles. The molecule has 2 fully saturated rings. The Morgan fingerprint density at radius 1 is 0.663 bits per heavy atom. The van der Waals surface area contributed by atoms with Crippen molar-refractivity contribution in [3.63, 3.8) is 0 Å². The highest BCUT2D eigenvalue weighted by Gasteiger charge is 2.74. The molecule has 0 unspecified atom stereocenters. The first-order valence-electron chi connectivity index (χ1n) is 32.3. The molecule has 6 aromatic rings. The van der Waals surface area contributed by atoms with Gasteiger partial charge >= 0.3 is 0 Å². The number of phenolic OH excluding ortho intramolecular Hbond substituents is 1. The lowest BCUT2D eigenvalue weighted by Crippen LogP contribution is -2.81. The predicted octanol–water partition coefficient (Wildman–Crippen LogP) is 9.00. The number of aliphatic hydroxyl groups is 4. The number of carbonyl (C=O) groups is 5. The fourth-order valence-corrected chi connectivity index (χ4v) is 22.9. The SMILES string of the molecule is C[C@H]1c2cccc(O)c2C(O)=C2C(=O)[C@]3(O)C(O)=C(C(N)=O)C(=O)[C@@H](N(C)C)[C@@H]3[C@@H](N)[C@@H]21.Cc1cccc2c1C(O)=C1C(=O)[C@]3(O[Si](C)(C)C(C)(C)C)C(=O)c4c(OCc5ccccc5)noc4[C@@H](N(C)C)[C@@H]3[C@@H](N[Si](c3ccccc3)(c3ccccc3)C(C)(C)C)[C@@H]1[C@H]2C. The summed E-state index contributed by atoms with van der Waals surface area (Å²) in [6.45, 7) is 23.4. The zero-order valence-electron chi connectivity index (χ0n) is 56.6. The third-order valence-corrected chi connectivity index (χ3v) is 31.7. The van der Waals surface area contributed by atoms with Gasteiger partial charge < -0.3 is 55.7 Å². The molecule has 12 atom stereocenters. The number of ether oxygens (including phenoxy) is 1. The fourth-order valence-electron chi connectivity index (χ4n) is 16.4. The molecule has 1 aromatic heterocycles. The van der Waals surface area contributed by atoms with Crippen LogP contribution in [0.25, 0.3) is 11.5 Å². The summed E-state index contributed by atoms with van der Waals surface area (Å²) in [7, 11) is 0.679. The van der Waals surface area contributed by atoms with Crippen LogP contribution >= 0.6 is 0 Å². The largest absolute Gasteiger partial charge is 0.508 e. The van der Waals surface area contributed by atoms with Gasteiger partial charge in [0.15, 0.2) is 39.3 Å². The van der Waals surface area contributed by atoms with Crippen molar-refractivity contribution < 1.29 is 63.2 Å². The molecule has 0 saturated heterocycles. The smallest absolute Gasteiger partial charge is 0.265 e. The van der Waals surface area contributed by atoms with Crippen LogP contribution in [0.4, 0.5) is 0 Å². The number of likely N-dealkylation sites (N-methyl/N-ethyl adjacent to an activating group) is 1. The molecule has 12 rings (SSSR count). The van der Waals surface area contributed by atoms with Crippen LogP contribution in [0.15, 0.2) is 154 Å². The van der Waals surface area contributed by atoms with Gasteiger partial charge in [0.2, 0.25) is 17.3 Å². The van der Waals surface area contributed by atoms with E-state index >= 15 is 9.59 Å². The molecular formula is C74H88N6O13Si2. The van der Waals surface area contributed by atoms with E-state index in [1.165, 1.54) is 25.1 Å². The second-order valence-corrected chi connectivity index (χ2v) is 38.8. The van der Waals surface area contributed by atoms with Crippen molar-refractivity contribution in [3.8, 4) is 11.6 Å². The van der Waals surface area contributed by atoms with E-state index < -0.39 is 133 Å². The van der Waals surface area contributed by atoms with Gasteiger partial charge in [0.25, 0.3) is 11.8 Å². The lowest BCUT2D eigenvalue weighted by Gasteiger charge is -2.61. The van der Waals surface area contributed by atoms with Gasteiger partial charge in [-0.3, -0.25) is 33.8 Å². The van der Waals surface area contributed by atoms with E-state index in [0.29, 0.717) is 16.9 Å². The molecule has 0 spiro atoms. The molecule has 10 N–H and O–H groups in total. The Hall–Kier alpha value is -8.13. The average Bonchev–Trinajstić information content (AvgIpc) is 1.55. The molecule has 1 amide bonds. The number of aryl methyl sites for hydroxylation is 1. The molecular weight excluding hydrogens is 1240 g/mol. The molecule has 0 bridgehead atoms. The van der Waals surface area contributed by atoms with Crippen molar-refractivity contribution in [1.29, 1.82) is 0 Å². The summed E-state index contributed by atoms with van der Waals surface area (Å²) in [6, 6.07) is 38.0. The maximum Gasteiger partial charge on any atom is 0.265 e. The number of benzene rings is 5. The molecule has 500 valence electrons. The Morgan fingerprint density at radius 3 is 1.72 bits per heavy atom. The van der Waals surface area contributed by atoms with Crippen molar-refractivity contribution in [2.45, 2.75) is 139 Å². The molecule has 0 radical (unpaired) electrons. The van der Waals surface area contributed by atoms with Crippen LogP contribution in [0.1, 0.15) is 123 Å². The predicted molar refractivity (Wildman–Crippen MR) is 367 cm³/mol. The summed E-state index contributed by atoms with van der Waals surface area (Å²) in [5, 5.41) is 62.6. The van der Waals surface area contributed by atoms with Crippen LogP contribution in [0.5, 0.6) is 11.6 Å². The second kappa shape index (κ2) is 24.2. The van der Waals surface area contributed by atoms with Gasteiger partial charge in [-0.05, 0) is 114 Å². The summed E-state index contributed by atoms with van der Waals surface area (Å²) in [5.41, 5.74) is 10.1. The van der Waals surface area contributed by atoms with Crippen LogP contribution < -0.4 is 31.6 Å². The van der Waals surface area contributed by atoms with E-state index in [9.17, 15) is 39.9 Å². The Morgan fingerprint density at radius 2 is 1.18 bits per heavy atom. The number of aromatic nitrogens is 1. The van der Waals surface area contributed by atoms with Gasteiger partial charge in [-0.25, -0.2) is 0 Å². The molecule has 19 nitrogen and oxygen atoms in total. The monoisotopic (exact) mass is 1320 g/mol. The number of hydrogen-bond acceptors (Lipinski definition) is 18. The summed E-state index contributed by atoms with van der Waals surface area (Å²) >= 11 is 0. The van der Waals surface area contributed by atoms with Gasteiger partial charge in [-0.15, -0.1) is 0 Å². The van der Waals surface area contributed by atoms with E-state index in [2.05, 4.69) is 126 Å². The minimum absolute atomic E-state index is 0.0187. The van der Waals surface area contributed by atoms with E-state index in [1.807, 2.05) is 80.5 Å². The second-order valence-electron chi connectivity index (χ2n) is 29.6. The number of ketones is 4. The molecule has 6 aliphatic carbocycles. The number of primary amides is 1. The first-order chi connectivity index (χ1) is 44.6. The lowest BCUT2D eigenvalue weighted by atomic mass is 9.53. The lowest BCUT2D eigenvalue weighted by molar-refractivity contribution is -0.156. The van der Waals surface area contributed by atoms with E-state index in [1.54, 1.807) is 19.1 Å². The normalized spacial score (nSPS) is 27.4. The van der Waals surface area contributed by atoms with Crippen LogP contribution in [0.2, 0.25) is 23.2 Å². The summed E-state index contributed by atoms with van der Waals surface area (Å²) < 4.78 is 20.4. The Bertz CT molecular complexity index is 4150. The van der Waals surface area contributed by atoms with Gasteiger partial charge in [0.05, 0.1) is 17.6 Å². The number of aromatic hydroxyl groups is 1. The molecule has 6 aliphatic rings. The van der Waals surface area contributed by atoms with Crippen LogP contribution in [-0.2, 0) is 30.2 Å². The number of nitrogens with two attached hydrogens (primary N) is 2. The van der Waals surface area contributed by atoms with E-state index in [-0.39, 0.29) is 57.2 Å². The van der Waals surface area contributed by atoms with Gasteiger partial charge in [-0.1, -0.05) is 177 Å². The van der Waals surface area contributed by atoms with Crippen LogP contribution in [-0.4, -0.2) is 144 Å². The molecule has 5 aromatic carbocycles. The average molecular weight is 1330 g/mol. The van der Waals surface area contributed by atoms with Crippen molar-refractivity contribution in [3.05, 3.63) is 195 Å². The number of aliphatic hydroxyl groups excluding tert-OH is 3. The molecule has 1 heterocycles. The first-order valence-corrected chi connectivity index (χ1v) is 37.2. The van der Waals surface area contributed by atoms with Crippen molar-refractivity contribution in [1.82, 2.24) is 19.9 Å². The van der Waals surface area contributed by atoms with Gasteiger partial charge in [0.1, 0.15) is 40.8 Å². The first kappa shape index (κ1) is 68.3. The maximum absolute atomic E-state index is 16.6. The maximum atomic E-state index is 16.6. The number of rotatable bonds is 12. The number of amides is 1. The highest BCUT2D eigenvalue weighted by atomic mass is 28.4. The Labute approximate surface area is 556 Å². The van der Waals surface area contributed by atoms with Crippen LogP contribution in [0, 0.1) is 30.6 Å². The topological polar surface area (TPSA) is 302 Å². The molecule has 95 heavy (non-hydrogen) atoms. The molecule has 21 heteroatoms. The van der Waals surface area contributed by atoms with Gasteiger partial charge in [-0.2, -0.15) is 0 Å². The number of nitrogens with one attached hydrogen (secondary N) is 1. The minimum Gasteiger partial charge on any atom is -0.508 e. The highest BCUT2D eigenvalue weighted by Crippen LogP contribution is 2.62. The Kier molecular flexibility index (Phi) is 17.4. The van der Waals surface area contributed by atoms with Crippen molar-refractivity contribution >= 4 is 67.5 Å². The number of phenols is 1. The number of carbonyl (C=O) groups excluding carboxylic acids is 5. The minimum atomic E-state index is -3.23. The summed E-state index contributed by atoms with van der Waals surface area (Å²) in [5.74, 6) is -10.4. The summed E-state index contributed by atoms with van der Waals surface area (Å²) in [4.78, 5) is 79.7.